The number of rotatable bonds is 4. The summed E-state index contributed by atoms with van der Waals surface area (Å²) in [5.74, 6) is -1.23. The highest BCUT2D eigenvalue weighted by Gasteiger charge is 2.42. The monoisotopic (exact) mass is 333 g/mol. The van der Waals surface area contributed by atoms with Gasteiger partial charge in [0.25, 0.3) is 0 Å². The molecule has 1 aliphatic carbocycles. The Balaban J connectivity index is 2.56. The van der Waals surface area contributed by atoms with Crippen molar-refractivity contribution in [3.8, 4) is 0 Å². The molecular weight excluding hydrogens is 312 g/mol. The lowest BCUT2D eigenvalue weighted by Crippen LogP contribution is -2.46. The summed E-state index contributed by atoms with van der Waals surface area (Å²) < 4.78 is 74.5. The minimum atomic E-state index is -4.30. The molecule has 2 unspecified atom stereocenters. The number of guanidine groups is 1. The van der Waals surface area contributed by atoms with Gasteiger partial charge in [-0.05, 0) is 26.2 Å². The third-order valence-corrected chi connectivity index (χ3v) is 3.49. The van der Waals surface area contributed by atoms with Crippen LogP contribution >= 0.6 is 0 Å². The molecule has 1 saturated carbocycles. The van der Waals surface area contributed by atoms with Crippen molar-refractivity contribution in [1.29, 1.82) is 0 Å². The number of aliphatic imine (C=N–C) groups is 1. The van der Waals surface area contributed by atoms with E-state index in [2.05, 4.69) is 15.6 Å². The lowest BCUT2D eigenvalue weighted by atomic mass is 9.85. The highest BCUT2D eigenvalue weighted by molar-refractivity contribution is 5.80. The highest BCUT2D eigenvalue weighted by Crippen LogP contribution is 2.37. The molecular formula is C13H21F6N3. The van der Waals surface area contributed by atoms with Crippen LogP contribution in [0, 0.1) is 5.92 Å². The molecule has 0 aliphatic heterocycles. The second kappa shape index (κ2) is 7.92. The second-order valence-electron chi connectivity index (χ2n) is 5.37. The molecule has 2 atom stereocenters. The Bertz CT molecular complexity index is 364. The molecule has 0 radical (unpaired) electrons. The maximum atomic E-state index is 12.7. The first-order chi connectivity index (χ1) is 10.1. The summed E-state index contributed by atoms with van der Waals surface area (Å²) in [6.07, 6.45) is -8.57. The second-order valence-corrected chi connectivity index (χ2v) is 5.37. The number of nitrogens with zero attached hydrogens (tertiary/aromatic N) is 1. The zero-order valence-corrected chi connectivity index (χ0v) is 12.3. The zero-order chi connectivity index (χ0) is 16.8. The Labute approximate surface area is 125 Å². The van der Waals surface area contributed by atoms with Gasteiger partial charge in [-0.15, -0.1) is 0 Å². The van der Waals surface area contributed by atoms with Crippen LogP contribution < -0.4 is 10.6 Å². The fraction of sp³-hybridized carbons (Fsp3) is 0.923. The minimum absolute atomic E-state index is 0.0762. The van der Waals surface area contributed by atoms with Gasteiger partial charge in [-0.2, -0.15) is 26.3 Å². The summed E-state index contributed by atoms with van der Waals surface area (Å²) in [6, 6.07) is -0.427. The normalized spacial score (nSPS) is 24.2. The van der Waals surface area contributed by atoms with Crippen molar-refractivity contribution in [2.75, 3.05) is 13.1 Å². The number of alkyl halides is 6. The van der Waals surface area contributed by atoms with Gasteiger partial charge >= 0.3 is 12.4 Å². The Morgan fingerprint density at radius 2 is 1.82 bits per heavy atom. The molecule has 0 aromatic rings. The number of halogens is 6. The van der Waals surface area contributed by atoms with Crippen LogP contribution in [-0.2, 0) is 0 Å². The van der Waals surface area contributed by atoms with Crippen molar-refractivity contribution in [1.82, 2.24) is 10.6 Å². The van der Waals surface area contributed by atoms with E-state index < -0.39 is 37.3 Å². The number of nitrogens with one attached hydrogen (secondary N) is 2. The lowest BCUT2D eigenvalue weighted by molar-refractivity contribution is -0.183. The Hall–Kier alpha value is -1.15. The molecule has 3 nitrogen and oxygen atoms in total. The van der Waals surface area contributed by atoms with E-state index in [1.54, 1.807) is 6.92 Å². The van der Waals surface area contributed by atoms with Crippen LogP contribution in [0.2, 0.25) is 0 Å². The van der Waals surface area contributed by atoms with Crippen LogP contribution in [0.3, 0.4) is 0 Å². The molecule has 0 heterocycles. The predicted octanol–water partition coefficient (Wildman–Crippen LogP) is 3.62. The van der Waals surface area contributed by atoms with Crippen LogP contribution in [0.4, 0.5) is 26.3 Å². The first kappa shape index (κ1) is 18.9. The molecule has 1 rings (SSSR count). The summed E-state index contributed by atoms with van der Waals surface area (Å²) in [5, 5.41) is 5.58. The lowest BCUT2D eigenvalue weighted by Gasteiger charge is -2.31. The van der Waals surface area contributed by atoms with Gasteiger partial charge in [-0.25, -0.2) is 0 Å². The maximum Gasteiger partial charge on any atom is 0.391 e. The van der Waals surface area contributed by atoms with E-state index in [9.17, 15) is 26.3 Å². The Kier molecular flexibility index (Phi) is 6.80. The topological polar surface area (TPSA) is 36.4 Å². The highest BCUT2D eigenvalue weighted by atomic mass is 19.4. The molecule has 0 amide bonds. The summed E-state index contributed by atoms with van der Waals surface area (Å²) >= 11 is 0. The van der Waals surface area contributed by atoms with E-state index in [0.29, 0.717) is 19.4 Å². The van der Waals surface area contributed by atoms with Gasteiger partial charge in [0.05, 0.1) is 18.9 Å². The summed E-state index contributed by atoms with van der Waals surface area (Å²) in [7, 11) is 0. The molecule has 0 saturated heterocycles. The molecule has 0 aromatic carbocycles. The van der Waals surface area contributed by atoms with Gasteiger partial charge in [0.2, 0.25) is 0 Å². The standard InChI is InChI=1S/C13H21F6N3/c1-2-20-11(21-7-6-12(14,15)16)22-10-5-3-4-9(8-10)13(17,18)19/h9-10H,2-8H2,1H3,(H2,20,21,22). The van der Waals surface area contributed by atoms with Gasteiger partial charge in [0.15, 0.2) is 5.96 Å². The van der Waals surface area contributed by atoms with Crippen molar-refractivity contribution >= 4 is 5.96 Å². The molecule has 0 aromatic heterocycles. The Morgan fingerprint density at radius 1 is 1.14 bits per heavy atom. The fourth-order valence-electron chi connectivity index (χ4n) is 2.43. The van der Waals surface area contributed by atoms with Gasteiger partial charge in [-0.1, -0.05) is 6.42 Å². The minimum Gasteiger partial charge on any atom is -0.357 e. The largest absolute Gasteiger partial charge is 0.391 e. The van der Waals surface area contributed by atoms with Crippen LogP contribution in [0.1, 0.15) is 39.0 Å². The molecule has 9 heteroatoms. The van der Waals surface area contributed by atoms with Crippen LogP contribution in [0.25, 0.3) is 0 Å². The van der Waals surface area contributed by atoms with Crippen molar-refractivity contribution in [3.05, 3.63) is 0 Å². The SMILES string of the molecule is CCNC(=NCCC(F)(F)F)NC1CCCC(C(F)(F)F)C1. The van der Waals surface area contributed by atoms with Crippen LogP contribution in [0.5, 0.6) is 0 Å². The molecule has 22 heavy (non-hydrogen) atoms. The maximum absolute atomic E-state index is 12.7. The fourth-order valence-corrected chi connectivity index (χ4v) is 2.43. The third-order valence-electron chi connectivity index (χ3n) is 3.49. The van der Waals surface area contributed by atoms with E-state index in [-0.39, 0.29) is 18.8 Å². The van der Waals surface area contributed by atoms with Crippen molar-refractivity contribution in [2.24, 2.45) is 10.9 Å². The van der Waals surface area contributed by atoms with E-state index in [1.807, 2.05) is 0 Å². The first-order valence-corrected chi connectivity index (χ1v) is 7.30. The first-order valence-electron chi connectivity index (χ1n) is 7.30. The van der Waals surface area contributed by atoms with Gasteiger partial charge in [0, 0.05) is 12.6 Å². The Morgan fingerprint density at radius 3 is 2.36 bits per heavy atom. The van der Waals surface area contributed by atoms with E-state index >= 15 is 0 Å². The summed E-state index contributed by atoms with van der Waals surface area (Å²) in [5.41, 5.74) is 0. The van der Waals surface area contributed by atoms with Crippen LogP contribution in [-0.4, -0.2) is 37.4 Å². The number of hydrogen-bond donors (Lipinski definition) is 2. The summed E-state index contributed by atoms with van der Waals surface area (Å²) in [6.45, 7) is 1.71. The third kappa shape index (κ3) is 7.22. The van der Waals surface area contributed by atoms with Gasteiger partial charge in [0.1, 0.15) is 0 Å². The number of hydrogen-bond acceptors (Lipinski definition) is 1. The molecule has 2 N–H and O–H groups in total. The zero-order valence-electron chi connectivity index (χ0n) is 12.3. The average Bonchev–Trinajstić information content (AvgIpc) is 2.36. The smallest absolute Gasteiger partial charge is 0.357 e. The van der Waals surface area contributed by atoms with Crippen molar-refractivity contribution < 1.29 is 26.3 Å². The molecule has 0 bridgehead atoms. The molecule has 1 aliphatic rings. The van der Waals surface area contributed by atoms with Gasteiger partial charge < -0.3 is 10.6 Å². The summed E-state index contributed by atoms with van der Waals surface area (Å²) in [4.78, 5) is 3.77. The van der Waals surface area contributed by atoms with Crippen molar-refractivity contribution in [2.45, 2.75) is 57.4 Å². The average molecular weight is 333 g/mol. The van der Waals surface area contributed by atoms with E-state index in [4.69, 9.17) is 0 Å². The van der Waals surface area contributed by atoms with Crippen LogP contribution in [0.15, 0.2) is 4.99 Å². The molecule has 0 spiro atoms. The van der Waals surface area contributed by atoms with Crippen molar-refractivity contribution in [3.63, 3.8) is 0 Å². The van der Waals surface area contributed by atoms with E-state index in [1.165, 1.54) is 0 Å². The van der Waals surface area contributed by atoms with E-state index in [0.717, 1.165) is 0 Å². The predicted molar refractivity (Wildman–Crippen MR) is 71.6 cm³/mol. The van der Waals surface area contributed by atoms with Gasteiger partial charge in [-0.3, -0.25) is 4.99 Å². The molecule has 1 fully saturated rings. The quantitative estimate of drug-likeness (QED) is 0.468. The molecule has 130 valence electrons.